The molecule has 2 rings (SSSR count). The molecule has 1 heterocycles. The number of nitrogens with one attached hydrogen (secondary N) is 1. The van der Waals surface area contributed by atoms with Crippen LogP contribution >= 0.6 is 11.3 Å². The number of nitrogens with zero attached hydrogens (tertiary/aromatic N) is 1. The Balaban J connectivity index is 2.05. The summed E-state index contributed by atoms with van der Waals surface area (Å²) in [5.74, 6) is -0.163. The van der Waals surface area contributed by atoms with Gasteiger partial charge >= 0.3 is 0 Å². The van der Waals surface area contributed by atoms with Gasteiger partial charge in [-0.15, -0.1) is 11.3 Å². The van der Waals surface area contributed by atoms with Crippen LogP contribution < -0.4 is 11.1 Å². The molecule has 94 valence electrons. The summed E-state index contributed by atoms with van der Waals surface area (Å²) in [6, 6.07) is 5.42. The molecule has 2 aromatic rings. The van der Waals surface area contributed by atoms with Gasteiger partial charge in [-0.3, -0.25) is 4.79 Å². The quantitative estimate of drug-likeness (QED) is 0.833. The molecule has 0 unspecified atom stereocenters. The molecule has 0 spiro atoms. The highest BCUT2D eigenvalue weighted by Crippen LogP contribution is 2.14. The van der Waals surface area contributed by atoms with Crippen molar-refractivity contribution in [1.82, 2.24) is 10.3 Å². The molecule has 18 heavy (non-hydrogen) atoms. The maximum Gasteiger partial charge on any atom is 0.253 e. The summed E-state index contributed by atoms with van der Waals surface area (Å²) < 4.78 is 0. The number of anilines is 1. The number of nitrogens with two attached hydrogens (primary N) is 1. The van der Waals surface area contributed by atoms with Gasteiger partial charge in [-0.05, 0) is 26.0 Å². The SMILES string of the molecule is Cc1ccc(N)c(C(=O)NCc2nc(C)cs2)c1. The number of aromatic nitrogens is 1. The average Bonchev–Trinajstić information content (AvgIpc) is 2.75. The molecule has 0 saturated heterocycles. The number of carbonyl (C=O) groups excluding carboxylic acids is 1. The van der Waals surface area contributed by atoms with Crippen molar-refractivity contribution in [2.75, 3.05) is 5.73 Å². The second-order valence-corrected chi connectivity index (χ2v) is 5.10. The highest BCUT2D eigenvalue weighted by Gasteiger charge is 2.10. The van der Waals surface area contributed by atoms with Gasteiger partial charge in [0.1, 0.15) is 5.01 Å². The molecule has 1 amide bonds. The molecule has 3 N–H and O–H groups in total. The Morgan fingerprint density at radius 2 is 2.22 bits per heavy atom. The van der Waals surface area contributed by atoms with Gasteiger partial charge in [0.05, 0.1) is 12.1 Å². The summed E-state index contributed by atoms with van der Waals surface area (Å²) in [4.78, 5) is 16.3. The van der Waals surface area contributed by atoms with Crippen LogP contribution in [0.2, 0.25) is 0 Å². The fourth-order valence-corrected chi connectivity index (χ4v) is 2.31. The van der Waals surface area contributed by atoms with E-state index in [1.165, 1.54) is 11.3 Å². The predicted octanol–water partition coefficient (Wildman–Crippen LogP) is 2.27. The molecule has 1 aromatic carbocycles. The van der Waals surface area contributed by atoms with Crippen molar-refractivity contribution < 1.29 is 4.79 Å². The first-order chi connectivity index (χ1) is 8.56. The Hall–Kier alpha value is -1.88. The minimum absolute atomic E-state index is 0.163. The van der Waals surface area contributed by atoms with E-state index >= 15 is 0 Å². The molecule has 0 aliphatic rings. The number of hydrogen-bond acceptors (Lipinski definition) is 4. The van der Waals surface area contributed by atoms with Crippen molar-refractivity contribution >= 4 is 22.9 Å². The molecule has 0 saturated carbocycles. The highest BCUT2D eigenvalue weighted by atomic mass is 32.1. The number of benzene rings is 1. The van der Waals surface area contributed by atoms with Crippen LogP contribution in [-0.4, -0.2) is 10.9 Å². The molecule has 5 heteroatoms. The van der Waals surface area contributed by atoms with E-state index in [0.717, 1.165) is 16.3 Å². The maximum atomic E-state index is 12.0. The first-order valence-corrected chi connectivity index (χ1v) is 6.49. The number of rotatable bonds is 3. The molecule has 0 radical (unpaired) electrons. The largest absolute Gasteiger partial charge is 0.398 e. The standard InChI is InChI=1S/C13H15N3OS/c1-8-3-4-11(14)10(5-8)13(17)15-6-12-16-9(2)7-18-12/h3-5,7H,6,14H2,1-2H3,(H,15,17). The minimum atomic E-state index is -0.163. The van der Waals surface area contributed by atoms with Crippen molar-refractivity contribution in [2.24, 2.45) is 0 Å². The van der Waals surface area contributed by atoms with Gasteiger partial charge in [-0.2, -0.15) is 0 Å². The van der Waals surface area contributed by atoms with Gasteiger partial charge in [-0.1, -0.05) is 11.6 Å². The number of aryl methyl sites for hydroxylation is 2. The summed E-state index contributed by atoms with van der Waals surface area (Å²) >= 11 is 1.54. The Morgan fingerprint density at radius 3 is 2.89 bits per heavy atom. The van der Waals surface area contributed by atoms with Crippen molar-refractivity contribution in [1.29, 1.82) is 0 Å². The number of thiazole rings is 1. The van der Waals surface area contributed by atoms with Gasteiger partial charge in [0.15, 0.2) is 0 Å². The van der Waals surface area contributed by atoms with Crippen molar-refractivity contribution in [3.63, 3.8) is 0 Å². The van der Waals surface area contributed by atoms with Crippen LogP contribution in [-0.2, 0) is 6.54 Å². The zero-order valence-corrected chi connectivity index (χ0v) is 11.2. The summed E-state index contributed by atoms with van der Waals surface area (Å²) in [5, 5.41) is 5.68. The lowest BCUT2D eigenvalue weighted by atomic mass is 10.1. The van der Waals surface area contributed by atoms with Crippen LogP contribution in [0.25, 0.3) is 0 Å². The molecule has 0 fully saturated rings. The Kier molecular flexibility index (Phi) is 3.62. The molecule has 0 aliphatic carbocycles. The van der Waals surface area contributed by atoms with Crippen molar-refractivity contribution in [2.45, 2.75) is 20.4 Å². The van der Waals surface area contributed by atoms with E-state index in [2.05, 4.69) is 10.3 Å². The zero-order chi connectivity index (χ0) is 13.1. The molecule has 0 atom stereocenters. The number of amides is 1. The van der Waals surface area contributed by atoms with E-state index in [1.54, 1.807) is 12.1 Å². The fourth-order valence-electron chi connectivity index (χ4n) is 1.60. The second-order valence-electron chi connectivity index (χ2n) is 4.16. The summed E-state index contributed by atoms with van der Waals surface area (Å²) in [7, 11) is 0. The highest BCUT2D eigenvalue weighted by molar-refractivity contribution is 7.09. The Bertz CT molecular complexity index is 577. The third kappa shape index (κ3) is 2.87. The lowest BCUT2D eigenvalue weighted by Crippen LogP contribution is -2.23. The zero-order valence-electron chi connectivity index (χ0n) is 10.4. The minimum Gasteiger partial charge on any atom is -0.398 e. The van der Waals surface area contributed by atoms with Crippen LogP contribution in [0.1, 0.15) is 26.6 Å². The van der Waals surface area contributed by atoms with E-state index in [1.807, 2.05) is 25.3 Å². The first-order valence-electron chi connectivity index (χ1n) is 5.61. The number of carbonyl (C=O) groups is 1. The molecule has 0 bridgehead atoms. The molecule has 0 aliphatic heterocycles. The Labute approximate surface area is 110 Å². The summed E-state index contributed by atoms with van der Waals surface area (Å²) in [6.07, 6.45) is 0. The first kappa shape index (κ1) is 12.6. The van der Waals surface area contributed by atoms with Crippen LogP contribution in [0.15, 0.2) is 23.6 Å². The fraction of sp³-hybridized carbons (Fsp3) is 0.231. The predicted molar refractivity (Wildman–Crippen MR) is 73.6 cm³/mol. The van der Waals surface area contributed by atoms with Gasteiger partial charge in [0.25, 0.3) is 5.91 Å². The second kappa shape index (κ2) is 5.18. The van der Waals surface area contributed by atoms with E-state index in [0.29, 0.717) is 17.8 Å². The third-order valence-electron chi connectivity index (χ3n) is 2.52. The van der Waals surface area contributed by atoms with Crippen LogP contribution in [0.4, 0.5) is 5.69 Å². The molecular weight excluding hydrogens is 246 g/mol. The van der Waals surface area contributed by atoms with Gasteiger partial charge < -0.3 is 11.1 Å². The Morgan fingerprint density at radius 1 is 1.44 bits per heavy atom. The molecular formula is C13H15N3OS. The van der Waals surface area contributed by atoms with Crippen LogP contribution in [0, 0.1) is 13.8 Å². The van der Waals surface area contributed by atoms with E-state index in [-0.39, 0.29) is 5.91 Å². The monoisotopic (exact) mass is 261 g/mol. The normalized spacial score (nSPS) is 10.3. The topological polar surface area (TPSA) is 68.0 Å². The van der Waals surface area contributed by atoms with Crippen LogP contribution in [0.3, 0.4) is 0 Å². The smallest absolute Gasteiger partial charge is 0.253 e. The lowest BCUT2D eigenvalue weighted by molar-refractivity contribution is 0.0951. The summed E-state index contributed by atoms with van der Waals surface area (Å²) in [5.41, 5.74) is 8.79. The average molecular weight is 261 g/mol. The van der Waals surface area contributed by atoms with Gasteiger partial charge in [0.2, 0.25) is 0 Å². The van der Waals surface area contributed by atoms with Gasteiger partial charge in [0, 0.05) is 16.8 Å². The number of nitrogen functional groups attached to an aromatic ring is 1. The molecule has 4 nitrogen and oxygen atoms in total. The van der Waals surface area contributed by atoms with Crippen molar-refractivity contribution in [3.8, 4) is 0 Å². The number of hydrogen-bond donors (Lipinski definition) is 2. The lowest BCUT2D eigenvalue weighted by Gasteiger charge is -2.07. The van der Waals surface area contributed by atoms with Gasteiger partial charge in [-0.25, -0.2) is 4.98 Å². The maximum absolute atomic E-state index is 12.0. The van der Waals surface area contributed by atoms with E-state index < -0.39 is 0 Å². The molecule has 1 aromatic heterocycles. The summed E-state index contributed by atoms with van der Waals surface area (Å²) in [6.45, 7) is 4.30. The third-order valence-corrected chi connectivity index (χ3v) is 3.49. The van der Waals surface area contributed by atoms with E-state index in [9.17, 15) is 4.79 Å². The van der Waals surface area contributed by atoms with Crippen molar-refractivity contribution in [3.05, 3.63) is 45.4 Å². The van der Waals surface area contributed by atoms with E-state index in [4.69, 9.17) is 5.73 Å². The van der Waals surface area contributed by atoms with Crippen LogP contribution in [0.5, 0.6) is 0 Å².